The average molecular weight is 269 g/mol. The number of nitro groups is 1. The number of ether oxygens (including phenoxy) is 1. The molecule has 0 atom stereocenters. The van der Waals surface area contributed by atoms with Gasteiger partial charge in [-0.05, 0) is 12.5 Å². The van der Waals surface area contributed by atoms with Crippen LogP contribution in [0, 0.1) is 26.8 Å². The van der Waals surface area contributed by atoms with E-state index < -0.39 is 16.2 Å². The van der Waals surface area contributed by atoms with Crippen molar-refractivity contribution in [3.05, 3.63) is 34.1 Å². The molecule has 104 valence electrons. The molecule has 0 aromatic heterocycles. The SMILES string of the molecule is CC(C)(CCOc1ccc([N+](=O)[O-])cc1F)C(=N)N. The molecular weight excluding hydrogens is 253 g/mol. The van der Waals surface area contributed by atoms with E-state index in [1.54, 1.807) is 13.8 Å². The second-order valence-corrected chi connectivity index (χ2v) is 4.77. The largest absolute Gasteiger partial charge is 0.490 e. The molecule has 3 N–H and O–H groups in total. The van der Waals surface area contributed by atoms with Crippen LogP contribution >= 0.6 is 0 Å². The van der Waals surface area contributed by atoms with E-state index in [2.05, 4.69) is 0 Å². The van der Waals surface area contributed by atoms with Crippen LogP contribution in [-0.2, 0) is 0 Å². The zero-order chi connectivity index (χ0) is 14.6. The Labute approximate surface area is 110 Å². The summed E-state index contributed by atoms with van der Waals surface area (Å²) in [6.45, 7) is 3.73. The smallest absolute Gasteiger partial charge is 0.272 e. The lowest BCUT2D eigenvalue weighted by atomic mass is 9.88. The highest BCUT2D eigenvalue weighted by Gasteiger charge is 2.21. The number of nitrogens with two attached hydrogens (primary N) is 1. The van der Waals surface area contributed by atoms with Crippen LogP contribution in [0.2, 0.25) is 0 Å². The van der Waals surface area contributed by atoms with Gasteiger partial charge >= 0.3 is 0 Å². The van der Waals surface area contributed by atoms with Crippen molar-refractivity contribution in [2.45, 2.75) is 20.3 Å². The third-order valence-electron chi connectivity index (χ3n) is 2.84. The molecule has 0 saturated heterocycles. The molecule has 0 heterocycles. The number of benzene rings is 1. The van der Waals surface area contributed by atoms with E-state index in [-0.39, 0.29) is 23.9 Å². The van der Waals surface area contributed by atoms with Gasteiger partial charge in [0.25, 0.3) is 5.69 Å². The zero-order valence-corrected chi connectivity index (χ0v) is 10.8. The number of rotatable bonds is 6. The molecule has 0 spiro atoms. The third-order valence-corrected chi connectivity index (χ3v) is 2.84. The lowest BCUT2D eigenvalue weighted by Gasteiger charge is -2.22. The van der Waals surface area contributed by atoms with Crippen LogP contribution in [0.15, 0.2) is 18.2 Å². The molecule has 19 heavy (non-hydrogen) atoms. The van der Waals surface area contributed by atoms with Crippen molar-refractivity contribution in [1.29, 1.82) is 5.41 Å². The molecule has 0 fully saturated rings. The van der Waals surface area contributed by atoms with Crippen molar-refractivity contribution in [2.24, 2.45) is 11.1 Å². The van der Waals surface area contributed by atoms with E-state index in [1.807, 2.05) is 0 Å². The van der Waals surface area contributed by atoms with Gasteiger partial charge in [0.15, 0.2) is 11.6 Å². The minimum Gasteiger partial charge on any atom is -0.490 e. The van der Waals surface area contributed by atoms with Crippen LogP contribution in [0.25, 0.3) is 0 Å². The summed E-state index contributed by atoms with van der Waals surface area (Å²) in [6.07, 6.45) is 0.443. The van der Waals surface area contributed by atoms with Gasteiger partial charge in [-0.15, -0.1) is 0 Å². The Balaban J connectivity index is 2.64. The summed E-state index contributed by atoms with van der Waals surface area (Å²) >= 11 is 0. The van der Waals surface area contributed by atoms with E-state index in [0.29, 0.717) is 6.42 Å². The lowest BCUT2D eigenvalue weighted by Crippen LogP contribution is -2.32. The highest BCUT2D eigenvalue weighted by Crippen LogP contribution is 2.24. The Morgan fingerprint density at radius 3 is 2.68 bits per heavy atom. The fourth-order valence-corrected chi connectivity index (χ4v) is 1.27. The number of non-ortho nitro benzene ring substituents is 1. The standard InChI is InChI=1S/C12H16FN3O3/c1-12(2,11(14)15)5-6-19-10-4-3-8(16(17)18)7-9(10)13/h3-4,7H,5-6H2,1-2H3,(H3,14,15). The predicted molar refractivity (Wildman–Crippen MR) is 68.9 cm³/mol. The van der Waals surface area contributed by atoms with Crippen LogP contribution in [0.4, 0.5) is 10.1 Å². The fourth-order valence-electron chi connectivity index (χ4n) is 1.27. The molecule has 0 aliphatic carbocycles. The minimum atomic E-state index is -0.783. The Morgan fingerprint density at radius 2 is 2.21 bits per heavy atom. The number of hydrogen-bond acceptors (Lipinski definition) is 4. The first-order chi connectivity index (χ1) is 8.74. The first-order valence-electron chi connectivity index (χ1n) is 5.65. The van der Waals surface area contributed by atoms with Crippen molar-refractivity contribution in [2.75, 3.05) is 6.61 Å². The van der Waals surface area contributed by atoms with Crippen molar-refractivity contribution in [3.8, 4) is 5.75 Å². The van der Waals surface area contributed by atoms with Gasteiger partial charge in [-0.3, -0.25) is 15.5 Å². The summed E-state index contributed by atoms with van der Waals surface area (Å²) in [6, 6.07) is 3.20. The molecular formula is C12H16FN3O3. The molecule has 0 saturated carbocycles. The van der Waals surface area contributed by atoms with Gasteiger partial charge in [-0.25, -0.2) is 4.39 Å². The van der Waals surface area contributed by atoms with Crippen LogP contribution in [0.3, 0.4) is 0 Å². The van der Waals surface area contributed by atoms with Crippen molar-refractivity contribution >= 4 is 11.5 Å². The molecule has 0 amide bonds. The van der Waals surface area contributed by atoms with E-state index in [1.165, 1.54) is 12.1 Å². The van der Waals surface area contributed by atoms with E-state index in [4.69, 9.17) is 15.9 Å². The molecule has 1 aromatic rings. The number of nitrogens with one attached hydrogen (secondary N) is 1. The number of nitrogens with zero attached hydrogens (tertiary/aromatic N) is 1. The van der Waals surface area contributed by atoms with Gasteiger partial charge in [-0.2, -0.15) is 0 Å². The van der Waals surface area contributed by atoms with Crippen molar-refractivity contribution < 1.29 is 14.1 Å². The summed E-state index contributed by atoms with van der Waals surface area (Å²) in [4.78, 5) is 9.77. The molecule has 0 unspecified atom stereocenters. The molecule has 7 heteroatoms. The molecule has 0 bridgehead atoms. The van der Waals surface area contributed by atoms with Crippen molar-refractivity contribution in [1.82, 2.24) is 0 Å². The quantitative estimate of drug-likeness (QED) is 0.358. The van der Waals surface area contributed by atoms with Crippen molar-refractivity contribution in [3.63, 3.8) is 0 Å². The summed E-state index contributed by atoms with van der Waals surface area (Å²) in [5.74, 6) is -0.806. The Morgan fingerprint density at radius 1 is 1.58 bits per heavy atom. The molecule has 0 aliphatic rings. The minimum absolute atomic E-state index is 0.0280. The number of amidine groups is 1. The van der Waals surface area contributed by atoms with Gasteiger partial charge in [0.05, 0.1) is 23.4 Å². The lowest BCUT2D eigenvalue weighted by molar-refractivity contribution is -0.385. The molecule has 1 aromatic carbocycles. The highest BCUT2D eigenvalue weighted by molar-refractivity contribution is 5.82. The maximum absolute atomic E-state index is 13.5. The first-order valence-corrected chi connectivity index (χ1v) is 5.65. The topological polar surface area (TPSA) is 102 Å². The van der Waals surface area contributed by atoms with Crippen LogP contribution in [0.5, 0.6) is 5.75 Å². The maximum Gasteiger partial charge on any atom is 0.272 e. The van der Waals surface area contributed by atoms with E-state index in [9.17, 15) is 14.5 Å². The third kappa shape index (κ3) is 3.90. The second kappa shape index (κ2) is 5.64. The van der Waals surface area contributed by atoms with Gasteiger partial charge in [0.2, 0.25) is 0 Å². The van der Waals surface area contributed by atoms with Gasteiger partial charge < -0.3 is 10.5 Å². The second-order valence-electron chi connectivity index (χ2n) is 4.77. The summed E-state index contributed by atoms with van der Waals surface area (Å²) < 4.78 is 18.7. The predicted octanol–water partition coefficient (Wildman–Crippen LogP) is 2.46. The van der Waals surface area contributed by atoms with Crippen LogP contribution < -0.4 is 10.5 Å². The van der Waals surface area contributed by atoms with Gasteiger partial charge in [0, 0.05) is 11.5 Å². The first kappa shape index (κ1) is 14.9. The molecule has 1 rings (SSSR count). The fraction of sp³-hybridized carbons (Fsp3) is 0.417. The average Bonchev–Trinajstić information content (AvgIpc) is 2.30. The Bertz CT molecular complexity index is 503. The van der Waals surface area contributed by atoms with E-state index >= 15 is 0 Å². The highest BCUT2D eigenvalue weighted by atomic mass is 19.1. The maximum atomic E-state index is 13.5. The zero-order valence-electron chi connectivity index (χ0n) is 10.8. The van der Waals surface area contributed by atoms with Gasteiger partial charge in [0.1, 0.15) is 0 Å². The van der Waals surface area contributed by atoms with E-state index in [0.717, 1.165) is 6.07 Å². The van der Waals surface area contributed by atoms with Crippen LogP contribution in [0.1, 0.15) is 20.3 Å². The Kier molecular flexibility index (Phi) is 4.42. The van der Waals surface area contributed by atoms with Crippen LogP contribution in [-0.4, -0.2) is 17.4 Å². The molecule has 6 nitrogen and oxygen atoms in total. The monoisotopic (exact) mass is 269 g/mol. The molecule has 0 radical (unpaired) electrons. The summed E-state index contributed by atoms with van der Waals surface area (Å²) in [5, 5.41) is 17.8. The van der Waals surface area contributed by atoms with Gasteiger partial charge in [-0.1, -0.05) is 13.8 Å². The summed E-state index contributed by atoms with van der Waals surface area (Å²) in [5.41, 5.74) is 4.56. The number of nitro benzene ring substituents is 1. The number of hydrogen-bond donors (Lipinski definition) is 2. The Hall–Kier alpha value is -2.18. The summed E-state index contributed by atoms with van der Waals surface area (Å²) in [7, 11) is 0. The number of halogens is 1. The normalized spacial score (nSPS) is 11.1. The molecule has 0 aliphatic heterocycles.